The van der Waals surface area contributed by atoms with Crippen LogP contribution in [0, 0.1) is 11.3 Å². The van der Waals surface area contributed by atoms with Crippen LogP contribution in [0.15, 0.2) is 23.8 Å². The number of hydrogen-bond donors (Lipinski definition) is 0. The number of hydrogen-bond acceptors (Lipinski definition) is 4. The smallest absolute Gasteiger partial charge is 0.264 e. The van der Waals surface area contributed by atoms with E-state index in [1.54, 1.807) is 38.4 Å². The van der Waals surface area contributed by atoms with Crippen molar-refractivity contribution in [3.8, 4) is 17.6 Å². The highest BCUT2D eigenvalue weighted by Crippen LogP contribution is 2.29. The van der Waals surface area contributed by atoms with Gasteiger partial charge < -0.3 is 14.4 Å². The molecule has 0 heterocycles. The monoisotopic (exact) mass is 288 g/mol. The second-order valence-corrected chi connectivity index (χ2v) is 4.44. The Kier molecular flexibility index (Phi) is 6.28. The molecule has 1 aromatic rings. The van der Waals surface area contributed by atoms with Crippen LogP contribution in [0.1, 0.15) is 19.4 Å². The lowest BCUT2D eigenvalue weighted by Crippen LogP contribution is -2.22. The number of rotatable bonds is 6. The van der Waals surface area contributed by atoms with Crippen molar-refractivity contribution in [1.82, 2.24) is 4.90 Å². The Hall–Kier alpha value is -2.48. The molecule has 0 unspecified atom stereocenters. The Morgan fingerprint density at radius 1 is 1.24 bits per heavy atom. The standard InChI is InChI=1S/C16H20N2O3/c1-5-20-14-8-7-12(10-15(14)21-6-2)9-13(11-17)16(19)18(3)4/h7-10H,5-6H2,1-4H3/b13-9-. The third-order valence-corrected chi connectivity index (χ3v) is 2.64. The molecule has 1 rings (SSSR count). The van der Waals surface area contributed by atoms with Crippen molar-refractivity contribution in [1.29, 1.82) is 5.26 Å². The largest absolute Gasteiger partial charge is 0.490 e. The molecule has 1 aromatic carbocycles. The Labute approximate surface area is 125 Å². The van der Waals surface area contributed by atoms with Crippen molar-refractivity contribution >= 4 is 12.0 Å². The third kappa shape index (κ3) is 4.53. The van der Waals surface area contributed by atoms with Gasteiger partial charge in [-0.15, -0.1) is 0 Å². The quantitative estimate of drug-likeness (QED) is 0.596. The van der Waals surface area contributed by atoms with Gasteiger partial charge in [0.25, 0.3) is 5.91 Å². The van der Waals surface area contributed by atoms with Crippen LogP contribution in [-0.2, 0) is 4.79 Å². The van der Waals surface area contributed by atoms with E-state index < -0.39 is 0 Å². The highest BCUT2D eigenvalue weighted by Gasteiger charge is 2.12. The fourth-order valence-corrected chi connectivity index (χ4v) is 1.71. The topological polar surface area (TPSA) is 62.6 Å². The van der Waals surface area contributed by atoms with Crippen molar-refractivity contribution in [2.24, 2.45) is 0 Å². The SMILES string of the molecule is CCOc1ccc(/C=C(/C#N)C(=O)N(C)C)cc1OCC. The second-order valence-electron chi connectivity index (χ2n) is 4.44. The van der Waals surface area contributed by atoms with Gasteiger partial charge >= 0.3 is 0 Å². The average molecular weight is 288 g/mol. The molecular weight excluding hydrogens is 268 g/mol. The van der Waals surface area contributed by atoms with Crippen molar-refractivity contribution in [2.45, 2.75) is 13.8 Å². The molecule has 0 fully saturated rings. The molecule has 5 nitrogen and oxygen atoms in total. The molecule has 0 atom stereocenters. The van der Waals surface area contributed by atoms with Gasteiger partial charge in [-0.2, -0.15) is 5.26 Å². The Morgan fingerprint density at radius 3 is 2.38 bits per heavy atom. The number of carbonyl (C=O) groups is 1. The van der Waals surface area contributed by atoms with Crippen LogP contribution in [0.25, 0.3) is 6.08 Å². The summed E-state index contributed by atoms with van der Waals surface area (Å²) in [5, 5.41) is 9.10. The summed E-state index contributed by atoms with van der Waals surface area (Å²) in [5.41, 5.74) is 0.792. The molecule has 0 aromatic heterocycles. The molecular formula is C16H20N2O3. The van der Waals surface area contributed by atoms with E-state index in [9.17, 15) is 4.79 Å². The van der Waals surface area contributed by atoms with Gasteiger partial charge in [-0.1, -0.05) is 6.07 Å². The van der Waals surface area contributed by atoms with Gasteiger partial charge in [0.2, 0.25) is 0 Å². The maximum atomic E-state index is 11.8. The maximum absolute atomic E-state index is 11.8. The molecule has 0 saturated heterocycles. The third-order valence-electron chi connectivity index (χ3n) is 2.64. The Balaban J connectivity index is 3.16. The fraction of sp³-hybridized carbons (Fsp3) is 0.375. The van der Waals surface area contributed by atoms with Crippen LogP contribution in [0.4, 0.5) is 0 Å². The first-order chi connectivity index (χ1) is 10.0. The average Bonchev–Trinajstić information content (AvgIpc) is 2.47. The van der Waals surface area contributed by atoms with Crippen LogP contribution < -0.4 is 9.47 Å². The lowest BCUT2D eigenvalue weighted by Gasteiger charge is -2.12. The van der Waals surface area contributed by atoms with Gasteiger partial charge in [0.1, 0.15) is 11.6 Å². The Morgan fingerprint density at radius 2 is 1.86 bits per heavy atom. The summed E-state index contributed by atoms with van der Waals surface area (Å²) in [6.07, 6.45) is 1.54. The highest BCUT2D eigenvalue weighted by molar-refractivity contribution is 6.01. The molecule has 0 aliphatic carbocycles. The summed E-state index contributed by atoms with van der Waals surface area (Å²) in [6, 6.07) is 7.24. The van der Waals surface area contributed by atoms with Gasteiger partial charge in [0.15, 0.2) is 11.5 Å². The molecule has 21 heavy (non-hydrogen) atoms. The van der Waals surface area contributed by atoms with Gasteiger partial charge in [0.05, 0.1) is 13.2 Å². The van der Waals surface area contributed by atoms with Crippen LogP contribution in [-0.4, -0.2) is 38.1 Å². The van der Waals surface area contributed by atoms with E-state index in [-0.39, 0.29) is 11.5 Å². The number of likely N-dealkylation sites (N-methyl/N-ethyl adjacent to an activating group) is 1. The van der Waals surface area contributed by atoms with Crippen molar-refractivity contribution < 1.29 is 14.3 Å². The summed E-state index contributed by atoms with van der Waals surface area (Å²) in [5.74, 6) is 0.918. The van der Waals surface area contributed by atoms with Crippen molar-refractivity contribution in [3.63, 3.8) is 0 Å². The fourth-order valence-electron chi connectivity index (χ4n) is 1.71. The van der Waals surface area contributed by atoms with Crippen LogP contribution in [0.3, 0.4) is 0 Å². The summed E-state index contributed by atoms with van der Waals surface area (Å²) in [4.78, 5) is 13.2. The van der Waals surface area contributed by atoms with E-state index in [1.165, 1.54) is 4.90 Å². The number of benzene rings is 1. The summed E-state index contributed by atoms with van der Waals surface area (Å²) >= 11 is 0. The molecule has 0 aliphatic rings. The molecule has 0 aliphatic heterocycles. The Bertz CT molecular complexity index is 571. The molecule has 5 heteroatoms. The van der Waals surface area contributed by atoms with E-state index in [0.717, 1.165) is 0 Å². The minimum absolute atomic E-state index is 0.0756. The predicted octanol–water partition coefficient (Wildman–Crippen LogP) is 2.48. The molecule has 112 valence electrons. The second kappa shape index (κ2) is 7.95. The van der Waals surface area contributed by atoms with Gasteiger partial charge in [-0.3, -0.25) is 4.79 Å². The first-order valence-electron chi connectivity index (χ1n) is 6.76. The van der Waals surface area contributed by atoms with Gasteiger partial charge in [-0.05, 0) is 37.6 Å². The molecule has 0 bridgehead atoms. The number of nitriles is 1. The lowest BCUT2D eigenvalue weighted by atomic mass is 10.1. The molecule has 0 N–H and O–H groups in total. The summed E-state index contributed by atoms with van der Waals surface area (Å²) in [7, 11) is 3.22. The summed E-state index contributed by atoms with van der Waals surface area (Å²) < 4.78 is 11.0. The van der Waals surface area contributed by atoms with E-state index in [4.69, 9.17) is 14.7 Å². The van der Waals surface area contributed by atoms with E-state index in [1.807, 2.05) is 19.9 Å². The lowest BCUT2D eigenvalue weighted by molar-refractivity contribution is -0.124. The van der Waals surface area contributed by atoms with Crippen molar-refractivity contribution in [2.75, 3.05) is 27.3 Å². The first-order valence-corrected chi connectivity index (χ1v) is 6.76. The molecule has 1 amide bonds. The van der Waals surface area contributed by atoms with Crippen molar-refractivity contribution in [3.05, 3.63) is 29.3 Å². The predicted molar refractivity (Wildman–Crippen MR) is 81.1 cm³/mol. The van der Waals surface area contributed by atoms with Gasteiger partial charge in [0, 0.05) is 14.1 Å². The minimum atomic E-state index is -0.329. The number of amides is 1. The highest BCUT2D eigenvalue weighted by atomic mass is 16.5. The summed E-state index contributed by atoms with van der Waals surface area (Å²) in [6.45, 7) is 4.83. The normalized spacial score (nSPS) is 10.7. The van der Waals surface area contributed by atoms with Gasteiger partial charge in [-0.25, -0.2) is 0 Å². The first kappa shape index (κ1) is 16.6. The number of carbonyl (C=O) groups excluding carboxylic acids is 1. The van der Waals surface area contributed by atoms with Crippen LogP contribution in [0.2, 0.25) is 0 Å². The zero-order valence-corrected chi connectivity index (χ0v) is 12.8. The van der Waals surface area contributed by atoms with E-state index in [0.29, 0.717) is 30.3 Å². The van der Waals surface area contributed by atoms with Crippen LogP contribution >= 0.6 is 0 Å². The zero-order valence-electron chi connectivity index (χ0n) is 12.8. The zero-order chi connectivity index (χ0) is 15.8. The minimum Gasteiger partial charge on any atom is -0.490 e. The van der Waals surface area contributed by atoms with E-state index >= 15 is 0 Å². The molecule has 0 spiro atoms. The molecule has 0 radical (unpaired) electrons. The van der Waals surface area contributed by atoms with Crippen LogP contribution in [0.5, 0.6) is 11.5 Å². The molecule has 0 saturated carbocycles. The van der Waals surface area contributed by atoms with E-state index in [2.05, 4.69) is 0 Å². The number of nitrogens with zero attached hydrogens (tertiary/aromatic N) is 2. The number of ether oxygens (including phenoxy) is 2. The maximum Gasteiger partial charge on any atom is 0.264 e.